The molecule has 1 saturated heterocycles. The van der Waals surface area contributed by atoms with Crippen LogP contribution in [0.3, 0.4) is 0 Å². The fourth-order valence-corrected chi connectivity index (χ4v) is 3.62. The summed E-state index contributed by atoms with van der Waals surface area (Å²) in [4.78, 5) is 18.6. The Hall–Kier alpha value is -2.12. The Labute approximate surface area is 167 Å². The Bertz CT molecular complexity index is 659. The first-order valence-corrected chi connectivity index (χ1v) is 10.3. The van der Waals surface area contributed by atoms with Gasteiger partial charge in [-0.1, -0.05) is 18.2 Å². The molecular weight excluding hydrogens is 356 g/mol. The molecule has 0 aliphatic carbocycles. The SMILES string of the molecule is CN=C(NCCCOCC1CCOCC1)NCC(=O)N1CCc2ccccc21. The summed E-state index contributed by atoms with van der Waals surface area (Å²) >= 11 is 0. The van der Waals surface area contributed by atoms with Crippen LogP contribution in [-0.4, -0.2) is 65.0 Å². The van der Waals surface area contributed by atoms with Crippen LogP contribution >= 0.6 is 0 Å². The van der Waals surface area contributed by atoms with Gasteiger partial charge in [-0.25, -0.2) is 0 Å². The average Bonchev–Trinajstić information content (AvgIpc) is 3.17. The number of aliphatic imine (C=N–C) groups is 1. The number of carbonyl (C=O) groups is 1. The molecule has 0 bridgehead atoms. The van der Waals surface area contributed by atoms with Crippen molar-refractivity contribution in [3.8, 4) is 0 Å². The molecule has 7 nitrogen and oxygen atoms in total. The molecule has 2 N–H and O–H groups in total. The van der Waals surface area contributed by atoms with Gasteiger partial charge < -0.3 is 25.0 Å². The van der Waals surface area contributed by atoms with Gasteiger partial charge in [0.05, 0.1) is 6.54 Å². The van der Waals surface area contributed by atoms with Crippen molar-refractivity contribution in [2.24, 2.45) is 10.9 Å². The number of para-hydroxylation sites is 1. The van der Waals surface area contributed by atoms with Crippen LogP contribution in [0.1, 0.15) is 24.8 Å². The zero-order valence-corrected chi connectivity index (χ0v) is 16.8. The first-order valence-electron chi connectivity index (χ1n) is 10.3. The zero-order chi connectivity index (χ0) is 19.6. The average molecular weight is 389 g/mol. The number of carbonyl (C=O) groups excluding carboxylic acids is 1. The van der Waals surface area contributed by atoms with Crippen LogP contribution in [0, 0.1) is 5.92 Å². The lowest BCUT2D eigenvalue weighted by Crippen LogP contribution is -2.44. The molecule has 0 spiro atoms. The van der Waals surface area contributed by atoms with Crippen LogP contribution in [0.5, 0.6) is 0 Å². The summed E-state index contributed by atoms with van der Waals surface area (Å²) < 4.78 is 11.1. The Morgan fingerprint density at radius 2 is 2.11 bits per heavy atom. The predicted octanol–water partition coefficient (Wildman–Crippen LogP) is 1.57. The van der Waals surface area contributed by atoms with E-state index in [1.807, 2.05) is 23.1 Å². The van der Waals surface area contributed by atoms with Crippen molar-refractivity contribution in [2.75, 3.05) is 58.0 Å². The molecule has 1 fully saturated rings. The number of nitrogens with one attached hydrogen (secondary N) is 2. The molecule has 7 heteroatoms. The lowest BCUT2D eigenvalue weighted by Gasteiger charge is -2.21. The van der Waals surface area contributed by atoms with Gasteiger partial charge in [-0.3, -0.25) is 9.79 Å². The van der Waals surface area contributed by atoms with Crippen LogP contribution in [0.15, 0.2) is 29.3 Å². The maximum atomic E-state index is 12.5. The minimum atomic E-state index is 0.0627. The molecule has 1 aromatic carbocycles. The number of benzene rings is 1. The number of rotatable bonds is 8. The number of fused-ring (bicyclic) bond motifs is 1. The Balaban J connectivity index is 1.29. The summed E-state index contributed by atoms with van der Waals surface area (Å²) in [7, 11) is 1.71. The highest BCUT2D eigenvalue weighted by molar-refractivity contribution is 5.98. The van der Waals surface area contributed by atoms with Crippen molar-refractivity contribution in [3.63, 3.8) is 0 Å². The molecular formula is C21H32N4O3. The second-order valence-corrected chi connectivity index (χ2v) is 7.26. The van der Waals surface area contributed by atoms with E-state index in [-0.39, 0.29) is 12.5 Å². The van der Waals surface area contributed by atoms with Gasteiger partial charge in [0.2, 0.25) is 5.91 Å². The third-order valence-corrected chi connectivity index (χ3v) is 5.27. The fraction of sp³-hybridized carbons (Fsp3) is 0.619. The maximum absolute atomic E-state index is 12.5. The van der Waals surface area contributed by atoms with Crippen LogP contribution in [0.25, 0.3) is 0 Å². The molecule has 2 aliphatic rings. The monoisotopic (exact) mass is 388 g/mol. The number of amides is 1. The summed E-state index contributed by atoms with van der Waals surface area (Å²) in [6, 6.07) is 8.08. The van der Waals surface area contributed by atoms with Crippen molar-refractivity contribution < 1.29 is 14.3 Å². The summed E-state index contributed by atoms with van der Waals surface area (Å²) in [6.45, 7) is 5.00. The number of hydrogen-bond acceptors (Lipinski definition) is 4. The lowest BCUT2D eigenvalue weighted by molar-refractivity contribution is -0.117. The summed E-state index contributed by atoms with van der Waals surface area (Å²) in [5.74, 6) is 1.34. The predicted molar refractivity (Wildman–Crippen MR) is 111 cm³/mol. The molecule has 0 aromatic heterocycles. The smallest absolute Gasteiger partial charge is 0.246 e. The van der Waals surface area contributed by atoms with Gasteiger partial charge in [0.25, 0.3) is 0 Å². The molecule has 154 valence electrons. The number of nitrogens with zero attached hydrogens (tertiary/aromatic N) is 2. The Morgan fingerprint density at radius 1 is 1.29 bits per heavy atom. The van der Waals surface area contributed by atoms with E-state index in [1.54, 1.807) is 7.05 Å². The normalized spacial score (nSPS) is 17.5. The van der Waals surface area contributed by atoms with Gasteiger partial charge in [0.1, 0.15) is 0 Å². The topological polar surface area (TPSA) is 75.2 Å². The molecule has 1 amide bonds. The van der Waals surface area contributed by atoms with E-state index in [0.29, 0.717) is 11.9 Å². The highest BCUT2D eigenvalue weighted by Gasteiger charge is 2.23. The Kier molecular flexibility index (Phi) is 8.11. The van der Waals surface area contributed by atoms with Crippen molar-refractivity contribution in [2.45, 2.75) is 25.7 Å². The van der Waals surface area contributed by atoms with Gasteiger partial charge in [-0.15, -0.1) is 0 Å². The van der Waals surface area contributed by atoms with Crippen molar-refractivity contribution >= 4 is 17.6 Å². The first-order chi connectivity index (χ1) is 13.8. The summed E-state index contributed by atoms with van der Waals surface area (Å²) in [6.07, 6.45) is 4.02. The number of anilines is 1. The summed E-state index contributed by atoms with van der Waals surface area (Å²) in [5.41, 5.74) is 2.26. The van der Waals surface area contributed by atoms with Crippen molar-refractivity contribution in [1.82, 2.24) is 10.6 Å². The minimum Gasteiger partial charge on any atom is -0.381 e. The van der Waals surface area contributed by atoms with E-state index in [0.717, 1.165) is 70.9 Å². The molecule has 28 heavy (non-hydrogen) atoms. The zero-order valence-electron chi connectivity index (χ0n) is 16.8. The quantitative estimate of drug-likeness (QED) is 0.402. The van der Waals surface area contributed by atoms with E-state index in [2.05, 4.69) is 21.7 Å². The van der Waals surface area contributed by atoms with Crippen LogP contribution in [0.4, 0.5) is 5.69 Å². The highest BCUT2D eigenvalue weighted by Crippen LogP contribution is 2.27. The molecule has 3 rings (SSSR count). The molecule has 0 atom stereocenters. The molecule has 0 saturated carbocycles. The first kappa shape index (κ1) is 20.6. The van der Waals surface area contributed by atoms with Crippen LogP contribution in [-0.2, 0) is 20.7 Å². The summed E-state index contributed by atoms with van der Waals surface area (Å²) in [5, 5.41) is 6.35. The van der Waals surface area contributed by atoms with E-state index in [1.165, 1.54) is 5.56 Å². The van der Waals surface area contributed by atoms with E-state index >= 15 is 0 Å². The van der Waals surface area contributed by atoms with Crippen LogP contribution in [0.2, 0.25) is 0 Å². The molecule has 2 aliphatic heterocycles. The second-order valence-electron chi connectivity index (χ2n) is 7.26. The van der Waals surface area contributed by atoms with Crippen molar-refractivity contribution in [1.29, 1.82) is 0 Å². The van der Waals surface area contributed by atoms with Gasteiger partial charge >= 0.3 is 0 Å². The van der Waals surface area contributed by atoms with Gasteiger partial charge in [0.15, 0.2) is 5.96 Å². The third kappa shape index (κ3) is 5.94. The number of ether oxygens (including phenoxy) is 2. The van der Waals surface area contributed by atoms with Crippen molar-refractivity contribution in [3.05, 3.63) is 29.8 Å². The largest absolute Gasteiger partial charge is 0.381 e. The highest BCUT2D eigenvalue weighted by atomic mass is 16.5. The van der Waals surface area contributed by atoms with Crippen LogP contribution < -0.4 is 15.5 Å². The lowest BCUT2D eigenvalue weighted by atomic mass is 10.0. The third-order valence-electron chi connectivity index (χ3n) is 5.27. The molecule has 1 aromatic rings. The second kappa shape index (κ2) is 11.0. The molecule has 2 heterocycles. The number of hydrogen-bond donors (Lipinski definition) is 2. The Morgan fingerprint density at radius 3 is 2.93 bits per heavy atom. The van der Waals surface area contributed by atoms with Gasteiger partial charge in [0, 0.05) is 52.3 Å². The molecule has 0 unspecified atom stereocenters. The molecule has 0 radical (unpaired) electrons. The standard InChI is InChI=1S/C21H32N4O3/c1-22-21(23-10-4-12-28-16-17-8-13-27-14-9-17)24-15-20(26)25-11-7-18-5-2-3-6-19(18)25/h2-3,5-6,17H,4,7-16H2,1H3,(H2,22,23,24). The van der Waals surface area contributed by atoms with Gasteiger partial charge in [-0.2, -0.15) is 0 Å². The van der Waals surface area contributed by atoms with Gasteiger partial charge in [-0.05, 0) is 43.2 Å². The minimum absolute atomic E-state index is 0.0627. The number of guanidine groups is 1. The van der Waals surface area contributed by atoms with E-state index in [9.17, 15) is 4.79 Å². The fourth-order valence-electron chi connectivity index (χ4n) is 3.62. The van der Waals surface area contributed by atoms with E-state index < -0.39 is 0 Å². The maximum Gasteiger partial charge on any atom is 0.246 e. The van der Waals surface area contributed by atoms with E-state index in [4.69, 9.17) is 9.47 Å².